The summed E-state index contributed by atoms with van der Waals surface area (Å²) in [6.07, 6.45) is 4.04. The molecule has 0 aliphatic rings. The summed E-state index contributed by atoms with van der Waals surface area (Å²) < 4.78 is 7.96. The van der Waals surface area contributed by atoms with Crippen LogP contribution in [0.4, 0.5) is 0 Å². The lowest BCUT2D eigenvalue weighted by Crippen LogP contribution is -1.87. The molecule has 2 heterocycles. The predicted molar refractivity (Wildman–Crippen MR) is 96.6 cm³/mol. The molecule has 24 heavy (non-hydrogen) atoms. The molecule has 118 valence electrons. The lowest BCUT2D eigenvalue weighted by Gasteiger charge is -2.08. The van der Waals surface area contributed by atoms with Crippen molar-refractivity contribution in [1.82, 2.24) is 9.38 Å². The van der Waals surface area contributed by atoms with Crippen LogP contribution in [0, 0.1) is 13.8 Å². The molecule has 0 saturated heterocycles. The van der Waals surface area contributed by atoms with Gasteiger partial charge in [-0.2, -0.15) is 0 Å². The molecule has 0 fully saturated rings. The molecule has 0 bridgehead atoms. The van der Waals surface area contributed by atoms with Crippen molar-refractivity contribution >= 4 is 5.65 Å². The third-order valence-electron chi connectivity index (χ3n) is 4.23. The summed E-state index contributed by atoms with van der Waals surface area (Å²) in [5.74, 6) is 1.68. The van der Waals surface area contributed by atoms with Gasteiger partial charge in [-0.05, 0) is 73.5 Å². The first-order chi connectivity index (χ1) is 11.7. The van der Waals surface area contributed by atoms with E-state index >= 15 is 0 Å². The zero-order chi connectivity index (χ0) is 16.5. The summed E-state index contributed by atoms with van der Waals surface area (Å²) >= 11 is 0. The first-order valence-electron chi connectivity index (χ1n) is 7.98. The number of aryl methyl sites for hydroxylation is 2. The van der Waals surface area contributed by atoms with Gasteiger partial charge in [0.15, 0.2) is 0 Å². The number of aromatic nitrogens is 2. The molecular weight excluding hydrogens is 296 g/mol. The van der Waals surface area contributed by atoms with Gasteiger partial charge in [0.1, 0.15) is 17.1 Å². The lowest BCUT2D eigenvalue weighted by molar-refractivity contribution is 0.482. The van der Waals surface area contributed by atoms with Crippen LogP contribution in [0.2, 0.25) is 0 Å². The summed E-state index contributed by atoms with van der Waals surface area (Å²) in [6.45, 7) is 4.19. The average Bonchev–Trinajstić information content (AvgIpc) is 3.03. The smallest absolute Gasteiger partial charge is 0.137 e. The van der Waals surface area contributed by atoms with E-state index in [1.807, 2.05) is 65.3 Å². The predicted octanol–water partition coefficient (Wildman–Crippen LogP) is 5.41. The second kappa shape index (κ2) is 5.85. The molecule has 3 heteroatoms. The normalized spacial score (nSPS) is 10.9. The zero-order valence-electron chi connectivity index (χ0n) is 13.7. The van der Waals surface area contributed by atoms with Gasteiger partial charge >= 0.3 is 0 Å². The Balaban J connectivity index is 1.58. The molecular formula is C21H18N2O. The fourth-order valence-corrected chi connectivity index (χ4v) is 2.68. The van der Waals surface area contributed by atoms with E-state index in [1.54, 1.807) is 0 Å². The second-order valence-electron chi connectivity index (χ2n) is 5.96. The van der Waals surface area contributed by atoms with Gasteiger partial charge in [0.05, 0.1) is 5.69 Å². The molecule has 2 aromatic carbocycles. The molecule has 0 unspecified atom stereocenters. The minimum absolute atomic E-state index is 0.825. The molecule has 4 rings (SSSR count). The summed E-state index contributed by atoms with van der Waals surface area (Å²) in [7, 11) is 0. The highest BCUT2D eigenvalue weighted by atomic mass is 16.5. The molecule has 3 nitrogen and oxygen atoms in total. The van der Waals surface area contributed by atoms with Crippen molar-refractivity contribution in [2.24, 2.45) is 0 Å². The molecule has 2 aromatic heterocycles. The number of ether oxygens (including phenoxy) is 1. The Kier molecular flexibility index (Phi) is 3.54. The first kappa shape index (κ1) is 14.5. The highest BCUT2D eigenvalue weighted by Crippen LogP contribution is 2.26. The number of imidazole rings is 1. The molecule has 4 aromatic rings. The van der Waals surface area contributed by atoms with Crippen LogP contribution >= 0.6 is 0 Å². The van der Waals surface area contributed by atoms with Crippen LogP contribution in [0.3, 0.4) is 0 Å². The maximum absolute atomic E-state index is 5.94. The first-order valence-corrected chi connectivity index (χ1v) is 7.98. The average molecular weight is 314 g/mol. The molecule has 0 amide bonds. The van der Waals surface area contributed by atoms with E-state index in [4.69, 9.17) is 4.74 Å². The molecule has 0 atom stereocenters. The van der Waals surface area contributed by atoms with Gasteiger partial charge in [0.25, 0.3) is 0 Å². The monoisotopic (exact) mass is 314 g/mol. The maximum Gasteiger partial charge on any atom is 0.137 e. The van der Waals surface area contributed by atoms with Crippen molar-refractivity contribution in [3.05, 3.63) is 84.2 Å². The quantitative estimate of drug-likeness (QED) is 0.505. The largest absolute Gasteiger partial charge is 0.457 e. The van der Waals surface area contributed by atoms with Gasteiger partial charge in [-0.3, -0.25) is 0 Å². The van der Waals surface area contributed by atoms with Crippen molar-refractivity contribution in [2.75, 3.05) is 0 Å². The molecule has 0 spiro atoms. The zero-order valence-corrected chi connectivity index (χ0v) is 13.7. The molecule has 0 aliphatic carbocycles. The Morgan fingerprint density at radius 2 is 1.62 bits per heavy atom. The Hall–Kier alpha value is -3.07. The van der Waals surface area contributed by atoms with Gasteiger partial charge in [0, 0.05) is 18.0 Å². The van der Waals surface area contributed by atoms with Crippen LogP contribution in [0.25, 0.3) is 16.9 Å². The highest BCUT2D eigenvalue weighted by Gasteiger charge is 2.05. The SMILES string of the molecule is Cc1ccc(Oc2ccc(-c3cn4ccccc4n3)cc2)cc1C. The number of nitrogens with zero attached hydrogens (tertiary/aromatic N) is 2. The van der Waals surface area contributed by atoms with Crippen molar-refractivity contribution in [3.8, 4) is 22.8 Å². The van der Waals surface area contributed by atoms with Crippen molar-refractivity contribution in [2.45, 2.75) is 13.8 Å². The fraction of sp³-hybridized carbons (Fsp3) is 0.0952. The minimum atomic E-state index is 0.825. The standard InChI is InChI=1S/C21H18N2O/c1-15-6-9-19(13-16(15)2)24-18-10-7-17(8-11-18)20-14-23-12-4-3-5-21(23)22-20/h3-14H,1-2H3. The summed E-state index contributed by atoms with van der Waals surface area (Å²) in [4.78, 5) is 4.64. The van der Waals surface area contributed by atoms with Crippen LogP contribution in [0.15, 0.2) is 73.1 Å². The lowest BCUT2D eigenvalue weighted by atomic mass is 10.1. The summed E-state index contributed by atoms with van der Waals surface area (Å²) in [5.41, 5.74) is 5.48. The Labute approximate surface area is 141 Å². The van der Waals surface area contributed by atoms with Crippen molar-refractivity contribution < 1.29 is 4.74 Å². The number of benzene rings is 2. The van der Waals surface area contributed by atoms with Crippen LogP contribution in [0.1, 0.15) is 11.1 Å². The minimum Gasteiger partial charge on any atom is -0.457 e. The van der Waals surface area contributed by atoms with E-state index in [0.29, 0.717) is 0 Å². The maximum atomic E-state index is 5.94. The Morgan fingerprint density at radius 3 is 2.38 bits per heavy atom. The molecule has 0 N–H and O–H groups in total. The van der Waals surface area contributed by atoms with E-state index < -0.39 is 0 Å². The van der Waals surface area contributed by atoms with Crippen molar-refractivity contribution in [3.63, 3.8) is 0 Å². The van der Waals surface area contributed by atoms with Gasteiger partial charge in [0.2, 0.25) is 0 Å². The molecule has 0 saturated carbocycles. The van der Waals surface area contributed by atoms with E-state index in [9.17, 15) is 0 Å². The van der Waals surface area contributed by atoms with E-state index in [1.165, 1.54) is 11.1 Å². The number of rotatable bonds is 3. The van der Waals surface area contributed by atoms with Gasteiger partial charge in [-0.1, -0.05) is 12.1 Å². The molecule has 0 aliphatic heterocycles. The number of hydrogen-bond acceptors (Lipinski definition) is 2. The summed E-state index contributed by atoms with van der Waals surface area (Å²) in [5, 5.41) is 0. The van der Waals surface area contributed by atoms with Crippen molar-refractivity contribution in [1.29, 1.82) is 0 Å². The van der Waals surface area contributed by atoms with Crippen LogP contribution in [0.5, 0.6) is 11.5 Å². The van der Waals surface area contributed by atoms with Gasteiger partial charge < -0.3 is 9.14 Å². The van der Waals surface area contributed by atoms with Gasteiger partial charge in [-0.15, -0.1) is 0 Å². The van der Waals surface area contributed by atoms with Crippen LogP contribution < -0.4 is 4.74 Å². The van der Waals surface area contributed by atoms with Gasteiger partial charge in [-0.25, -0.2) is 4.98 Å². The second-order valence-corrected chi connectivity index (χ2v) is 5.96. The number of hydrogen-bond donors (Lipinski definition) is 0. The third-order valence-corrected chi connectivity index (χ3v) is 4.23. The van der Waals surface area contributed by atoms with Crippen LogP contribution in [-0.2, 0) is 0 Å². The number of fused-ring (bicyclic) bond motifs is 1. The highest BCUT2D eigenvalue weighted by molar-refractivity contribution is 5.63. The fourth-order valence-electron chi connectivity index (χ4n) is 2.68. The van der Waals surface area contributed by atoms with Crippen LogP contribution in [-0.4, -0.2) is 9.38 Å². The van der Waals surface area contributed by atoms with E-state index in [2.05, 4.69) is 31.0 Å². The summed E-state index contributed by atoms with van der Waals surface area (Å²) in [6, 6.07) is 20.2. The number of pyridine rings is 1. The Morgan fingerprint density at radius 1 is 0.833 bits per heavy atom. The topological polar surface area (TPSA) is 26.5 Å². The van der Waals surface area contributed by atoms with E-state index in [-0.39, 0.29) is 0 Å². The Bertz CT molecular complexity index is 967. The third kappa shape index (κ3) is 2.76. The van der Waals surface area contributed by atoms with E-state index in [0.717, 1.165) is 28.4 Å². The molecule has 0 radical (unpaired) electrons.